The van der Waals surface area contributed by atoms with Crippen LogP contribution in [0.4, 0.5) is 5.82 Å². The first-order chi connectivity index (χ1) is 24.7. The number of morpholine rings is 1. The number of ether oxygens (including phenoxy) is 5. The lowest BCUT2D eigenvalue weighted by Crippen LogP contribution is -2.52. The Morgan fingerprint density at radius 1 is 0.941 bits per heavy atom. The van der Waals surface area contributed by atoms with E-state index >= 15 is 0 Å². The van der Waals surface area contributed by atoms with Crippen LogP contribution in [0, 0.1) is 6.92 Å². The number of carbonyl (C=O) groups is 1. The predicted molar refractivity (Wildman–Crippen MR) is 186 cm³/mol. The van der Waals surface area contributed by atoms with Crippen molar-refractivity contribution in [2.75, 3.05) is 32.3 Å². The fourth-order valence-electron chi connectivity index (χ4n) is 7.18. The SMILES string of the molecule is COc1ccc(C(OC[C@@]23CN(c4ccncn4)[C@@H]([C@H](n4cc(C)c(=O)[nH]c4=O)O2)[C@@H]3OC(C)=O)(c2ccccc2)c2ccc(OC)cc2)cc1. The van der Waals surface area contributed by atoms with Crippen LogP contribution in [0.5, 0.6) is 11.5 Å². The van der Waals surface area contributed by atoms with Crippen molar-refractivity contribution in [1.82, 2.24) is 19.5 Å². The lowest BCUT2D eigenvalue weighted by atomic mass is 9.79. The average molecular weight is 692 g/mol. The number of carbonyl (C=O) groups excluding carboxylic acids is 1. The minimum Gasteiger partial charge on any atom is -0.497 e. The number of aromatic amines is 1. The Balaban J connectivity index is 1.41. The number of fused-ring (bicyclic) bond motifs is 2. The van der Waals surface area contributed by atoms with Gasteiger partial charge in [0, 0.05) is 24.9 Å². The number of hydrogen-bond acceptors (Lipinski definition) is 11. The third-order valence-corrected chi connectivity index (χ3v) is 9.55. The predicted octanol–water partition coefficient (Wildman–Crippen LogP) is 3.75. The summed E-state index contributed by atoms with van der Waals surface area (Å²) in [4.78, 5) is 51.4. The number of nitrogens with zero attached hydrogens (tertiary/aromatic N) is 4. The fraction of sp³-hybridized carbons (Fsp3) is 0.289. The number of benzene rings is 3. The van der Waals surface area contributed by atoms with Crippen LogP contribution in [0.15, 0.2) is 113 Å². The molecule has 2 saturated heterocycles. The maximum Gasteiger partial charge on any atom is 0.330 e. The van der Waals surface area contributed by atoms with Crippen molar-refractivity contribution in [1.29, 1.82) is 0 Å². The zero-order valence-corrected chi connectivity index (χ0v) is 28.5. The van der Waals surface area contributed by atoms with Crippen LogP contribution in [0.3, 0.4) is 0 Å². The molecule has 2 bridgehead atoms. The van der Waals surface area contributed by atoms with Gasteiger partial charge in [-0.05, 0) is 53.9 Å². The Kier molecular flexibility index (Phi) is 8.92. The molecule has 1 N–H and O–H groups in total. The van der Waals surface area contributed by atoms with Gasteiger partial charge in [0.15, 0.2) is 17.9 Å². The minimum absolute atomic E-state index is 0.108. The quantitative estimate of drug-likeness (QED) is 0.160. The van der Waals surface area contributed by atoms with Crippen LogP contribution in [0.1, 0.15) is 35.4 Å². The van der Waals surface area contributed by atoms with Gasteiger partial charge in [0.2, 0.25) is 0 Å². The van der Waals surface area contributed by atoms with Crippen LogP contribution in [-0.2, 0) is 24.6 Å². The molecule has 3 aromatic carbocycles. The highest BCUT2D eigenvalue weighted by Gasteiger charge is 2.67. The smallest absolute Gasteiger partial charge is 0.330 e. The molecule has 2 aliphatic rings. The van der Waals surface area contributed by atoms with Gasteiger partial charge in [-0.15, -0.1) is 0 Å². The molecule has 0 amide bonds. The highest BCUT2D eigenvalue weighted by molar-refractivity contribution is 5.67. The highest BCUT2D eigenvalue weighted by atomic mass is 16.6. The Labute approximate surface area is 293 Å². The molecule has 51 heavy (non-hydrogen) atoms. The van der Waals surface area contributed by atoms with E-state index in [0.717, 1.165) is 16.7 Å². The van der Waals surface area contributed by atoms with Crippen LogP contribution in [0.2, 0.25) is 0 Å². The Morgan fingerprint density at radius 2 is 1.57 bits per heavy atom. The zero-order valence-electron chi connectivity index (χ0n) is 28.5. The monoisotopic (exact) mass is 691 g/mol. The number of aryl methyl sites for hydroxylation is 1. The van der Waals surface area contributed by atoms with Gasteiger partial charge in [0.05, 0.1) is 27.4 Å². The number of H-pyrrole nitrogens is 1. The first-order valence-electron chi connectivity index (χ1n) is 16.4. The van der Waals surface area contributed by atoms with Crippen molar-refractivity contribution in [3.63, 3.8) is 0 Å². The molecule has 13 heteroatoms. The van der Waals surface area contributed by atoms with Gasteiger partial charge in [0.1, 0.15) is 35.3 Å². The third-order valence-electron chi connectivity index (χ3n) is 9.55. The number of methoxy groups -OCH3 is 2. The van der Waals surface area contributed by atoms with Gasteiger partial charge >= 0.3 is 11.7 Å². The largest absolute Gasteiger partial charge is 0.497 e. The van der Waals surface area contributed by atoms with Crippen LogP contribution >= 0.6 is 0 Å². The molecular weight excluding hydrogens is 654 g/mol. The van der Waals surface area contributed by atoms with Gasteiger partial charge in [-0.3, -0.25) is 19.1 Å². The Bertz CT molecular complexity index is 2080. The molecule has 0 saturated carbocycles. The van der Waals surface area contributed by atoms with Crippen molar-refractivity contribution in [3.8, 4) is 11.5 Å². The molecule has 4 atom stereocenters. The maximum atomic E-state index is 13.3. The van der Waals surface area contributed by atoms with E-state index in [2.05, 4.69) is 15.0 Å². The van der Waals surface area contributed by atoms with Crippen LogP contribution in [-0.4, -0.2) is 70.6 Å². The molecule has 2 aliphatic heterocycles. The molecule has 7 rings (SSSR count). The second-order valence-corrected chi connectivity index (χ2v) is 12.6. The van der Waals surface area contributed by atoms with Gasteiger partial charge in [-0.2, -0.15) is 0 Å². The van der Waals surface area contributed by atoms with E-state index in [1.807, 2.05) is 83.8 Å². The Morgan fingerprint density at radius 3 is 2.14 bits per heavy atom. The fourth-order valence-corrected chi connectivity index (χ4v) is 7.18. The summed E-state index contributed by atoms with van der Waals surface area (Å²) in [6, 6.07) is 26.1. The molecule has 2 fully saturated rings. The zero-order chi connectivity index (χ0) is 35.8. The van der Waals surface area contributed by atoms with E-state index in [-0.39, 0.29) is 13.2 Å². The van der Waals surface area contributed by atoms with Crippen molar-refractivity contribution in [3.05, 3.63) is 147 Å². The number of aromatic nitrogens is 4. The van der Waals surface area contributed by atoms with E-state index in [0.29, 0.717) is 22.9 Å². The van der Waals surface area contributed by atoms with Crippen molar-refractivity contribution in [2.45, 2.75) is 43.4 Å². The molecule has 5 aromatic rings. The first kappa shape index (κ1) is 33.7. The summed E-state index contributed by atoms with van der Waals surface area (Å²) in [6.45, 7) is 3.01. The molecule has 0 radical (unpaired) electrons. The Hall–Kier alpha value is -5.79. The van der Waals surface area contributed by atoms with Crippen molar-refractivity contribution < 1.29 is 28.5 Å². The van der Waals surface area contributed by atoms with E-state index in [1.165, 1.54) is 24.0 Å². The van der Waals surface area contributed by atoms with Gasteiger partial charge in [-0.1, -0.05) is 54.6 Å². The van der Waals surface area contributed by atoms with Gasteiger partial charge in [0.25, 0.3) is 5.56 Å². The third kappa shape index (κ3) is 5.93. The van der Waals surface area contributed by atoms with E-state index < -0.39 is 46.8 Å². The summed E-state index contributed by atoms with van der Waals surface area (Å²) in [6.07, 6.45) is 2.56. The highest BCUT2D eigenvalue weighted by Crippen LogP contribution is 2.51. The second kappa shape index (κ2) is 13.5. The molecule has 262 valence electrons. The van der Waals surface area contributed by atoms with Crippen LogP contribution in [0.25, 0.3) is 0 Å². The normalized spacial score (nSPS) is 21.0. The van der Waals surface area contributed by atoms with Crippen molar-refractivity contribution in [2.24, 2.45) is 0 Å². The molecule has 0 aliphatic carbocycles. The summed E-state index contributed by atoms with van der Waals surface area (Å²) >= 11 is 0. The number of anilines is 1. The van der Waals surface area contributed by atoms with Crippen molar-refractivity contribution >= 4 is 11.8 Å². The average Bonchev–Trinajstić information content (AvgIpc) is 3.62. The summed E-state index contributed by atoms with van der Waals surface area (Å²) in [7, 11) is 3.22. The molecule has 2 aromatic heterocycles. The molecule has 4 heterocycles. The first-order valence-corrected chi connectivity index (χ1v) is 16.4. The minimum atomic E-state index is -1.32. The lowest BCUT2D eigenvalue weighted by Gasteiger charge is -2.41. The molecule has 0 unspecified atom stereocenters. The maximum absolute atomic E-state index is 13.3. The van der Waals surface area contributed by atoms with Gasteiger partial charge < -0.3 is 28.6 Å². The summed E-state index contributed by atoms with van der Waals surface area (Å²) in [5, 5.41) is 0. The number of rotatable bonds is 11. The number of nitrogens with one attached hydrogen (secondary N) is 1. The molecule has 0 spiro atoms. The summed E-state index contributed by atoms with van der Waals surface area (Å²) < 4.78 is 32.6. The molecular formula is C38H37N5O8. The second-order valence-electron chi connectivity index (χ2n) is 12.6. The number of esters is 1. The number of hydrogen-bond donors (Lipinski definition) is 1. The van der Waals surface area contributed by atoms with E-state index in [9.17, 15) is 14.4 Å². The summed E-state index contributed by atoms with van der Waals surface area (Å²) in [5.41, 5.74) is -0.995. The van der Waals surface area contributed by atoms with Gasteiger partial charge in [-0.25, -0.2) is 14.8 Å². The molecule has 13 nitrogen and oxygen atoms in total. The lowest BCUT2D eigenvalue weighted by molar-refractivity contribution is -0.175. The van der Waals surface area contributed by atoms with Crippen LogP contribution < -0.4 is 25.6 Å². The summed E-state index contributed by atoms with van der Waals surface area (Å²) in [5.74, 6) is 1.35. The van der Waals surface area contributed by atoms with E-state index in [4.69, 9.17) is 23.7 Å². The topological polar surface area (TPSA) is 147 Å². The standard InChI is InChI=1S/C38H37N5O8/c1-24-20-42(36(46)41-34(24)45)35-32-33(50-25(2)44)37(51-35,21-43(32)31-18-19-39-23-40-31)22-49-38(26-8-6-5-7-9-26,27-10-14-29(47-3)15-11-27)28-12-16-30(48-4)17-13-28/h5-20,23,32-33,35H,21-22H2,1-4H3,(H,41,45,46)/t32-,33+,35-,37-/m1/s1. The van der Waals surface area contributed by atoms with E-state index in [1.54, 1.807) is 33.4 Å².